The molecule has 0 aromatic heterocycles. The number of anilines is 1. The van der Waals surface area contributed by atoms with Gasteiger partial charge < -0.3 is 9.74 Å². The zero-order valence-electron chi connectivity index (χ0n) is 9.29. The van der Waals surface area contributed by atoms with Crippen molar-refractivity contribution in [2.45, 2.75) is 18.6 Å². The first-order valence-corrected chi connectivity index (χ1v) is 5.18. The van der Waals surface area contributed by atoms with E-state index >= 15 is 0 Å². The summed E-state index contributed by atoms with van der Waals surface area (Å²) in [5, 5.41) is 0. The first-order valence-electron chi connectivity index (χ1n) is 5.18. The van der Waals surface area contributed by atoms with Crippen LogP contribution in [0.25, 0.3) is 0 Å². The van der Waals surface area contributed by atoms with Crippen LogP contribution >= 0.6 is 0 Å². The Labute approximate surface area is 96.9 Å². The van der Waals surface area contributed by atoms with Gasteiger partial charge in [-0.25, -0.2) is 5.90 Å². The molecule has 0 amide bonds. The summed E-state index contributed by atoms with van der Waals surface area (Å²) in [5.74, 6) is 5.00. The highest BCUT2D eigenvalue weighted by Gasteiger charge is 2.33. The maximum absolute atomic E-state index is 12.5. The zero-order chi connectivity index (χ0) is 12.6. The molecule has 6 heteroatoms. The van der Waals surface area contributed by atoms with Crippen LogP contribution < -0.4 is 10.8 Å². The Morgan fingerprint density at radius 1 is 1.47 bits per heavy atom. The number of hydrogen-bond donors (Lipinski definition) is 1. The van der Waals surface area contributed by atoms with Crippen LogP contribution in [0.15, 0.2) is 18.2 Å². The Hall–Kier alpha value is -1.27. The van der Waals surface area contributed by atoms with Crippen LogP contribution in [-0.4, -0.2) is 19.7 Å². The monoisotopic (exact) mass is 246 g/mol. The zero-order valence-corrected chi connectivity index (χ0v) is 9.29. The summed E-state index contributed by atoms with van der Waals surface area (Å²) in [6.07, 6.45) is -3.77. The lowest BCUT2D eigenvalue weighted by molar-refractivity contribution is -0.137. The number of halogens is 3. The average molecular weight is 246 g/mol. The minimum atomic E-state index is -4.30. The molecular formula is C11H13F3N2O. The Morgan fingerprint density at radius 2 is 2.18 bits per heavy atom. The number of likely N-dealkylation sites (N-methyl/N-ethyl adjacent to an activating group) is 1. The molecule has 1 atom stereocenters. The summed E-state index contributed by atoms with van der Waals surface area (Å²) >= 11 is 0. The van der Waals surface area contributed by atoms with Gasteiger partial charge in [0.25, 0.3) is 0 Å². The van der Waals surface area contributed by atoms with E-state index in [0.29, 0.717) is 18.6 Å². The van der Waals surface area contributed by atoms with Crippen LogP contribution in [0.4, 0.5) is 18.9 Å². The van der Waals surface area contributed by atoms with E-state index in [1.165, 1.54) is 12.1 Å². The highest BCUT2D eigenvalue weighted by molar-refractivity contribution is 5.60. The molecule has 1 aromatic rings. The average Bonchev–Trinajstić information content (AvgIpc) is 2.55. The summed E-state index contributed by atoms with van der Waals surface area (Å²) in [4.78, 5) is 6.45. The van der Waals surface area contributed by atoms with E-state index < -0.39 is 11.7 Å². The molecule has 0 spiro atoms. The molecule has 0 saturated carbocycles. The number of alkyl halides is 3. The van der Waals surface area contributed by atoms with Gasteiger partial charge in [-0.2, -0.15) is 13.2 Å². The molecule has 0 aliphatic carbocycles. The molecule has 2 rings (SSSR count). The molecule has 17 heavy (non-hydrogen) atoms. The second-order valence-electron chi connectivity index (χ2n) is 4.14. The van der Waals surface area contributed by atoms with E-state index in [4.69, 9.17) is 5.90 Å². The second-order valence-corrected chi connectivity index (χ2v) is 4.14. The van der Waals surface area contributed by atoms with Crippen molar-refractivity contribution in [1.82, 2.24) is 0 Å². The number of rotatable bonds is 2. The molecule has 1 aromatic carbocycles. The second kappa shape index (κ2) is 4.19. The maximum Gasteiger partial charge on any atom is 0.416 e. The van der Waals surface area contributed by atoms with Crippen molar-refractivity contribution in [2.75, 3.05) is 18.6 Å². The van der Waals surface area contributed by atoms with Crippen LogP contribution in [0.2, 0.25) is 0 Å². The Balaban J connectivity index is 2.29. The first-order chi connectivity index (χ1) is 7.93. The number of fused-ring (bicyclic) bond motifs is 1. The minimum absolute atomic E-state index is 0.00140. The molecule has 0 saturated heterocycles. The van der Waals surface area contributed by atoms with E-state index in [1.54, 1.807) is 0 Å². The van der Waals surface area contributed by atoms with Crippen LogP contribution in [-0.2, 0) is 17.4 Å². The Bertz CT molecular complexity index is 420. The summed E-state index contributed by atoms with van der Waals surface area (Å²) in [5.41, 5.74) is 0.878. The molecule has 1 aliphatic heterocycles. The van der Waals surface area contributed by atoms with Gasteiger partial charge in [-0.15, -0.1) is 0 Å². The lowest BCUT2D eigenvalue weighted by Crippen LogP contribution is -2.33. The standard InChI is InChI=1S/C11H13F3N2O/c1-16-9(6-17-15)5-7-4-8(11(12,13)14)2-3-10(7)16/h2-4,9H,5-6,15H2,1H3. The number of hydrogen-bond acceptors (Lipinski definition) is 3. The van der Waals surface area contributed by atoms with E-state index in [1.807, 2.05) is 11.9 Å². The van der Waals surface area contributed by atoms with Gasteiger partial charge in [0, 0.05) is 12.7 Å². The molecular weight excluding hydrogens is 233 g/mol. The van der Waals surface area contributed by atoms with Crippen molar-refractivity contribution in [3.8, 4) is 0 Å². The number of benzene rings is 1. The molecule has 0 bridgehead atoms. The molecule has 2 N–H and O–H groups in total. The topological polar surface area (TPSA) is 38.5 Å². The summed E-state index contributed by atoms with van der Waals surface area (Å²) in [7, 11) is 1.82. The first kappa shape index (κ1) is 12.2. The number of nitrogens with two attached hydrogens (primary N) is 1. The van der Waals surface area contributed by atoms with Crippen molar-refractivity contribution in [2.24, 2.45) is 5.90 Å². The van der Waals surface area contributed by atoms with E-state index in [2.05, 4.69) is 4.84 Å². The van der Waals surface area contributed by atoms with Crippen molar-refractivity contribution < 1.29 is 18.0 Å². The predicted molar refractivity (Wildman–Crippen MR) is 57.5 cm³/mol. The summed E-state index contributed by atoms with van der Waals surface area (Å²) in [6.45, 7) is 0.298. The van der Waals surface area contributed by atoms with Crippen molar-refractivity contribution in [3.05, 3.63) is 29.3 Å². The fraction of sp³-hybridized carbons (Fsp3) is 0.455. The van der Waals surface area contributed by atoms with Gasteiger partial charge in [-0.1, -0.05) is 0 Å². The van der Waals surface area contributed by atoms with Gasteiger partial charge in [-0.05, 0) is 30.2 Å². The smallest absolute Gasteiger partial charge is 0.369 e. The quantitative estimate of drug-likeness (QED) is 0.811. The molecule has 1 aliphatic rings. The maximum atomic E-state index is 12.5. The third-order valence-corrected chi connectivity index (χ3v) is 3.08. The normalized spacial score (nSPS) is 19.6. The molecule has 94 valence electrons. The van der Waals surface area contributed by atoms with Crippen LogP contribution in [0, 0.1) is 0 Å². The highest BCUT2D eigenvalue weighted by Crippen LogP contribution is 2.36. The van der Waals surface area contributed by atoms with Gasteiger partial charge in [0.05, 0.1) is 18.2 Å². The van der Waals surface area contributed by atoms with Crippen LogP contribution in [0.1, 0.15) is 11.1 Å². The lowest BCUT2D eigenvalue weighted by atomic mass is 10.1. The van der Waals surface area contributed by atoms with Crippen molar-refractivity contribution in [3.63, 3.8) is 0 Å². The third kappa shape index (κ3) is 2.23. The fourth-order valence-electron chi connectivity index (χ4n) is 2.14. The predicted octanol–water partition coefficient (Wildman–Crippen LogP) is 1.96. The minimum Gasteiger partial charge on any atom is -0.369 e. The van der Waals surface area contributed by atoms with Crippen molar-refractivity contribution >= 4 is 5.69 Å². The highest BCUT2D eigenvalue weighted by atomic mass is 19.4. The molecule has 1 heterocycles. The van der Waals surface area contributed by atoms with E-state index in [9.17, 15) is 13.2 Å². The summed E-state index contributed by atoms with van der Waals surface area (Å²) < 4.78 is 37.6. The van der Waals surface area contributed by atoms with Crippen molar-refractivity contribution in [1.29, 1.82) is 0 Å². The van der Waals surface area contributed by atoms with Crippen LogP contribution in [0.5, 0.6) is 0 Å². The van der Waals surface area contributed by atoms with Crippen LogP contribution in [0.3, 0.4) is 0 Å². The number of nitrogens with zero attached hydrogens (tertiary/aromatic N) is 1. The molecule has 0 radical (unpaired) electrons. The van der Waals surface area contributed by atoms with E-state index in [-0.39, 0.29) is 6.04 Å². The van der Waals surface area contributed by atoms with Gasteiger partial charge in [0.2, 0.25) is 0 Å². The van der Waals surface area contributed by atoms with Gasteiger partial charge >= 0.3 is 6.18 Å². The van der Waals surface area contributed by atoms with Gasteiger partial charge in [0.15, 0.2) is 0 Å². The molecule has 3 nitrogen and oxygen atoms in total. The SMILES string of the molecule is CN1c2ccc(C(F)(F)F)cc2CC1CON. The third-order valence-electron chi connectivity index (χ3n) is 3.08. The van der Waals surface area contributed by atoms with Gasteiger partial charge in [0.1, 0.15) is 0 Å². The largest absolute Gasteiger partial charge is 0.416 e. The fourth-order valence-corrected chi connectivity index (χ4v) is 2.14. The van der Waals surface area contributed by atoms with E-state index in [0.717, 1.165) is 11.8 Å². The Kier molecular flexibility index (Phi) is 3.01. The molecule has 1 unspecified atom stereocenters. The lowest BCUT2D eigenvalue weighted by Gasteiger charge is -2.21. The van der Waals surface area contributed by atoms with Gasteiger partial charge in [-0.3, -0.25) is 0 Å². The summed E-state index contributed by atoms with van der Waals surface area (Å²) in [6, 6.07) is 3.79. The molecule has 0 fully saturated rings. The Morgan fingerprint density at radius 3 is 2.76 bits per heavy atom.